The van der Waals surface area contributed by atoms with Gasteiger partial charge in [-0.25, -0.2) is 13.2 Å². The Morgan fingerprint density at radius 1 is 1.20 bits per heavy atom. The van der Waals surface area contributed by atoms with Gasteiger partial charge < -0.3 is 8.94 Å². The third-order valence-electron chi connectivity index (χ3n) is 4.74. The van der Waals surface area contributed by atoms with Crippen molar-refractivity contribution in [1.82, 2.24) is 14.7 Å². The number of rotatable bonds is 6. The Hall–Kier alpha value is -2.92. The zero-order valence-electron chi connectivity index (χ0n) is 15.4. The SMILES string of the molecule is O=c1oc2cc(S(=O)(=O)Nc3cccc(Br)c3)ccc2n1Cc1noc(C2CC2)n1. The molecule has 2 aromatic heterocycles. The molecule has 30 heavy (non-hydrogen) atoms. The number of benzene rings is 2. The summed E-state index contributed by atoms with van der Waals surface area (Å²) in [6.07, 6.45) is 2.06. The summed E-state index contributed by atoms with van der Waals surface area (Å²) in [4.78, 5) is 16.6. The first-order valence-electron chi connectivity index (χ1n) is 9.13. The fourth-order valence-corrected chi connectivity index (χ4v) is 4.56. The minimum absolute atomic E-state index is 0.0218. The van der Waals surface area contributed by atoms with E-state index in [9.17, 15) is 13.2 Å². The van der Waals surface area contributed by atoms with Gasteiger partial charge in [0.15, 0.2) is 11.4 Å². The van der Waals surface area contributed by atoms with E-state index in [0.717, 1.165) is 17.3 Å². The molecular weight excluding hydrogens is 476 g/mol. The van der Waals surface area contributed by atoms with Crippen molar-refractivity contribution >= 4 is 42.7 Å². The van der Waals surface area contributed by atoms with Crippen LogP contribution in [-0.4, -0.2) is 23.1 Å². The molecule has 1 saturated carbocycles. The maximum Gasteiger partial charge on any atom is 0.420 e. The van der Waals surface area contributed by atoms with E-state index >= 15 is 0 Å². The molecule has 5 rings (SSSR count). The molecule has 11 heteroatoms. The van der Waals surface area contributed by atoms with Crippen LogP contribution < -0.4 is 10.5 Å². The first-order chi connectivity index (χ1) is 14.4. The van der Waals surface area contributed by atoms with E-state index in [1.165, 1.54) is 22.8 Å². The predicted molar refractivity (Wildman–Crippen MR) is 111 cm³/mol. The summed E-state index contributed by atoms with van der Waals surface area (Å²) in [7, 11) is -3.87. The van der Waals surface area contributed by atoms with Gasteiger partial charge in [-0.15, -0.1) is 0 Å². The third-order valence-corrected chi connectivity index (χ3v) is 6.61. The van der Waals surface area contributed by atoms with E-state index in [0.29, 0.717) is 28.8 Å². The first-order valence-corrected chi connectivity index (χ1v) is 11.4. The standard InChI is InChI=1S/C19H15BrN4O5S/c20-12-2-1-3-13(8-12)23-30(26,27)14-6-7-15-16(9-14)28-19(25)24(15)10-17-21-18(29-22-17)11-4-5-11/h1-3,6-9,11,23H,4-5,10H2. The maximum absolute atomic E-state index is 12.7. The van der Waals surface area contributed by atoms with Crippen LogP contribution in [0.15, 0.2) is 65.6 Å². The van der Waals surface area contributed by atoms with Crippen LogP contribution in [-0.2, 0) is 16.6 Å². The number of fused-ring (bicyclic) bond motifs is 1. The molecule has 0 atom stereocenters. The van der Waals surface area contributed by atoms with Crippen molar-refractivity contribution in [1.29, 1.82) is 0 Å². The Bertz CT molecular complexity index is 1420. The molecule has 1 N–H and O–H groups in total. The number of nitrogens with zero attached hydrogens (tertiary/aromatic N) is 3. The van der Waals surface area contributed by atoms with E-state index in [2.05, 4.69) is 30.8 Å². The Morgan fingerprint density at radius 3 is 2.80 bits per heavy atom. The molecule has 0 amide bonds. The molecule has 9 nitrogen and oxygen atoms in total. The second-order valence-electron chi connectivity index (χ2n) is 7.02. The van der Waals surface area contributed by atoms with Gasteiger partial charge in [0.25, 0.3) is 10.0 Å². The van der Waals surface area contributed by atoms with Gasteiger partial charge in [0.05, 0.1) is 17.0 Å². The highest BCUT2D eigenvalue weighted by molar-refractivity contribution is 9.10. The number of hydrogen-bond acceptors (Lipinski definition) is 7. The molecule has 0 aliphatic heterocycles. The molecule has 0 saturated heterocycles. The molecule has 0 bridgehead atoms. The van der Waals surface area contributed by atoms with Crippen LogP contribution in [0.3, 0.4) is 0 Å². The van der Waals surface area contributed by atoms with Gasteiger partial charge in [0.1, 0.15) is 0 Å². The second kappa shape index (κ2) is 7.10. The quantitative estimate of drug-likeness (QED) is 0.439. The number of aromatic nitrogens is 3. The summed E-state index contributed by atoms with van der Waals surface area (Å²) in [5, 5.41) is 3.91. The molecule has 2 aromatic carbocycles. The minimum atomic E-state index is -3.87. The molecule has 1 aliphatic rings. The normalized spacial score (nSPS) is 14.3. The smallest absolute Gasteiger partial charge is 0.408 e. The van der Waals surface area contributed by atoms with Crippen LogP contribution in [0.25, 0.3) is 11.1 Å². The lowest BCUT2D eigenvalue weighted by molar-refractivity contribution is 0.372. The lowest BCUT2D eigenvalue weighted by atomic mass is 10.3. The molecule has 1 fully saturated rings. The van der Waals surface area contributed by atoms with E-state index in [1.807, 2.05) is 0 Å². The van der Waals surface area contributed by atoms with Gasteiger partial charge >= 0.3 is 5.76 Å². The average molecular weight is 491 g/mol. The van der Waals surface area contributed by atoms with Crippen LogP contribution in [0, 0.1) is 0 Å². The summed E-state index contributed by atoms with van der Waals surface area (Å²) in [5.41, 5.74) is 1.01. The molecular formula is C19H15BrN4O5S. The zero-order valence-corrected chi connectivity index (χ0v) is 17.8. The topological polar surface area (TPSA) is 120 Å². The lowest BCUT2D eigenvalue weighted by Gasteiger charge is -2.08. The van der Waals surface area contributed by atoms with Gasteiger partial charge in [-0.1, -0.05) is 27.2 Å². The van der Waals surface area contributed by atoms with E-state index in [-0.39, 0.29) is 17.0 Å². The van der Waals surface area contributed by atoms with Crippen molar-refractivity contribution in [3.63, 3.8) is 0 Å². The maximum atomic E-state index is 12.7. The van der Waals surface area contributed by atoms with Crippen LogP contribution in [0.4, 0.5) is 5.69 Å². The van der Waals surface area contributed by atoms with Gasteiger partial charge in [0, 0.05) is 22.1 Å². The molecule has 154 valence electrons. The minimum Gasteiger partial charge on any atom is -0.408 e. The summed E-state index contributed by atoms with van der Waals surface area (Å²) in [6.45, 7) is 0.0739. The summed E-state index contributed by atoms with van der Waals surface area (Å²) >= 11 is 3.30. The number of oxazole rings is 1. The molecule has 0 unspecified atom stereocenters. The Kier molecular flexibility index (Phi) is 4.51. The van der Waals surface area contributed by atoms with Gasteiger partial charge in [-0.05, 0) is 43.2 Å². The Morgan fingerprint density at radius 2 is 2.03 bits per heavy atom. The summed E-state index contributed by atoms with van der Waals surface area (Å²) < 4.78 is 40.5. The number of halogens is 1. The number of hydrogen-bond donors (Lipinski definition) is 1. The van der Waals surface area contributed by atoms with E-state index in [1.54, 1.807) is 24.3 Å². The van der Waals surface area contributed by atoms with Crippen LogP contribution >= 0.6 is 15.9 Å². The summed E-state index contributed by atoms with van der Waals surface area (Å²) in [5.74, 6) is 0.638. The number of anilines is 1. The molecule has 4 aromatic rings. The Labute approximate surface area is 178 Å². The highest BCUT2D eigenvalue weighted by Gasteiger charge is 2.29. The van der Waals surface area contributed by atoms with Gasteiger partial charge in [0.2, 0.25) is 5.89 Å². The lowest BCUT2D eigenvalue weighted by Crippen LogP contribution is -2.15. The van der Waals surface area contributed by atoms with Crippen molar-refractivity contribution in [3.8, 4) is 0 Å². The monoisotopic (exact) mass is 490 g/mol. The number of nitrogens with one attached hydrogen (secondary N) is 1. The highest BCUT2D eigenvalue weighted by Crippen LogP contribution is 2.38. The van der Waals surface area contributed by atoms with Crippen molar-refractivity contribution in [2.75, 3.05) is 4.72 Å². The third kappa shape index (κ3) is 3.65. The van der Waals surface area contributed by atoms with Gasteiger partial charge in [-0.3, -0.25) is 9.29 Å². The van der Waals surface area contributed by atoms with Crippen molar-refractivity contribution in [2.45, 2.75) is 30.2 Å². The zero-order chi connectivity index (χ0) is 20.9. The van der Waals surface area contributed by atoms with Crippen molar-refractivity contribution in [2.24, 2.45) is 0 Å². The molecule has 1 aliphatic carbocycles. The van der Waals surface area contributed by atoms with Crippen LogP contribution in [0.1, 0.15) is 30.5 Å². The van der Waals surface area contributed by atoms with Gasteiger partial charge in [-0.2, -0.15) is 4.98 Å². The van der Waals surface area contributed by atoms with Crippen LogP contribution in [0.2, 0.25) is 0 Å². The van der Waals surface area contributed by atoms with Crippen molar-refractivity contribution in [3.05, 3.63) is 69.2 Å². The van der Waals surface area contributed by atoms with Crippen LogP contribution in [0.5, 0.6) is 0 Å². The van der Waals surface area contributed by atoms with Crippen molar-refractivity contribution < 1.29 is 17.4 Å². The predicted octanol–water partition coefficient (Wildman–Crippen LogP) is 3.47. The van der Waals surface area contributed by atoms with E-state index in [4.69, 9.17) is 8.94 Å². The highest BCUT2D eigenvalue weighted by atomic mass is 79.9. The largest absolute Gasteiger partial charge is 0.420 e. The number of sulfonamides is 1. The Balaban J connectivity index is 1.45. The summed E-state index contributed by atoms with van der Waals surface area (Å²) in [6, 6.07) is 11.1. The first kappa shape index (κ1) is 19.1. The second-order valence-corrected chi connectivity index (χ2v) is 9.62. The molecule has 0 radical (unpaired) electrons. The molecule has 0 spiro atoms. The average Bonchev–Trinajstić information content (AvgIpc) is 3.36. The van der Waals surface area contributed by atoms with E-state index < -0.39 is 15.8 Å². The molecule has 2 heterocycles. The fourth-order valence-electron chi connectivity index (χ4n) is 3.10. The fraction of sp³-hybridized carbons (Fsp3) is 0.211.